The van der Waals surface area contributed by atoms with Crippen molar-refractivity contribution in [2.24, 2.45) is 0 Å². The van der Waals surface area contributed by atoms with Crippen molar-refractivity contribution in [3.05, 3.63) is 59.4 Å². The molecule has 1 N–H and O–H groups in total. The summed E-state index contributed by atoms with van der Waals surface area (Å²) >= 11 is 1.68. The maximum absolute atomic E-state index is 9.55. The number of aliphatic hydroxyl groups is 1. The Kier molecular flexibility index (Phi) is 4.56. The van der Waals surface area contributed by atoms with Gasteiger partial charge in [-0.2, -0.15) is 5.26 Å². The Labute approximate surface area is 116 Å². The minimum Gasteiger partial charge on any atom is -0.389 e. The van der Waals surface area contributed by atoms with Gasteiger partial charge in [0.2, 0.25) is 0 Å². The van der Waals surface area contributed by atoms with Crippen molar-refractivity contribution in [2.45, 2.75) is 23.7 Å². The van der Waals surface area contributed by atoms with Crippen molar-refractivity contribution in [1.82, 2.24) is 4.98 Å². The van der Waals surface area contributed by atoms with Crippen LogP contribution in [0.25, 0.3) is 0 Å². The summed E-state index contributed by atoms with van der Waals surface area (Å²) in [5.74, 6) is 0.778. The van der Waals surface area contributed by atoms with Crippen LogP contribution in [-0.4, -0.2) is 10.1 Å². The van der Waals surface area contributed by atoms with E-state index in [1.807, 2.05) is 36.4 Å². The largest absolute Gasteiger partial charge is 0.389 e. The number of rotatable bonds is 4. The van der Waals surface area contributed by atoms with Gasteiger partial charge in [0.1, 0.15) is 11.8 Å². The van der Waals surface area contributed by atoms with Gasteiger partial charge >= 0.3 is 0 Å². The average Bonchev–Trinajstić information content (AvgIpc) is 2.45. The molecule has 0 aliphatic carbocycles. The van der Waals surface area contributed by atoms with Crippen LogP contribution in [0, 0.1) is 11.3 Å². The number of nitriles is 1. The van der Waals surface area contributed by atoms with Gasteiger partial charge < -0.3 is 5.11 Å². The fraction of sp³-hybridized carbons (Fsp3) is 0.200. The second-order valence-corrected chi connectivity index (χ2v) is 5.25. The van der Waals surface area contributed by atoms with E-state index >= 15 is 0 Å². The molecule has 96 valence electrons. The molecule has 1 aromatic carbocycles. The molecule has 1 unspecified atom stereocenters. The van der Waals surface area contributed by atoms with E-state index in [0.29, 0.717) is 5.69 Å². The fourth-order valence-electron chi connectivity index (χ4n) is 1.66. The SMILES string of the molecule is CC(O)c1cccc(SCc2ccnc(C#N)c2)c1. The molecule has 0 spiro atoms. The molecule has 0 amide bonds. The molecular weight excluding hydrogens is 256 g/mol. The normalized spacial score (nSPS) is 11.8. The first-order valence-electron chi connectivity index (χ1n) is 5.95. The zero-order valence-corrected chi connectivity index (χ0v) is 11.4. The molecule has 1 heterocycles. The standard InChI is InChI=1S/C15H14N2OS/c1-11(18)13-3-2-4-15(8-13)19-10-12-5-6-17-14(7-12)9-16/h2-8,11,18H,10H2,1H3. The Morgan fingerprint density at radius 2 is 2.21 bits per heavy atom. The molecule has 0 fully saturated rings. The van der Waals surface area contributed by atoms with E-state index in [-0.39, 0.29) is 0 Å². The van der Waals surface area contributed by atoms with Gasteiger partial charge in [0.15, 0.2) is 0 Å². The van der Waals surface area contributed by atoms with Gasteiger partial charge in [-0.1, -0.05) is 12.1 Å². The highest BCUT2D eigenvalue weighted by Gasteiger charge is 2.03. The van der Waals surface area contributed by atoms with Gasteiger partial charge in [0.05, 0.1) is 6.10 Å². The molecule has 0 aliphatic rings. The minimum atomic E-state index is -0.452. The lowest BCUT2D eigenvalue weighted by molar-refractivity contribution is 0.199. The lowest BCUT2D eigenvalue weighted by atomic mass is 10.1. The molecule has 19 heavy (non-hydrogen) atoms. The van der Waals surface area contributed by atoms with Crippen molar-refractivity contribution in [3.63, 3.8) is 0 Å². The molecule has 0 saturated heterocycles. The Bertz CT molecular complexity index is 605. The zero-order valence-electron chi connectivity index (χ0n) is 10.6. The van der Waals surface area contributed by atoms with Crippen molar-refractivity contribution < 1.29 is 5.11 Å². The summed E-state index contributed by atoms with van der Waals surface area (Å²) in [6, 6.07) is 13.6. The smallest absolute Gasteiger partial charge is 0.140 e. The van der Waals surface area contributed by atoms with Gasteiger partial charge in [-0.15, -0.1) is 11.8 Å². The number of aliphatic hydroxyl groups excluding tert-OH is 1. The van der Waals surface area contributed by atoms with Crippen LogP contribution in [0.3, 0.4) is 0 Å². The Balaban J connectivity index is 2.06. The van der Waals surface area contributed by atoms with Crippen LogP contribution in [0.2, 0.25) is 0 Å². The first kappa shape index (κ1) is 13.6. The molecule has 0 aliphatic heterocycles. The lowest BCUT2D eigenvalue weighted by Crippen LogP contribution is -1.91. The summed E-state index contributed by atoms with van der Waals surface area (Å²) in [4.78, 5) is 5.05. The van der Waals surface area contributed by atoms with Gasteiger partial charge in [-0.25, -0.2) is 4.98 Å². The number of nitrogens with zero attached hydrogens (tertiary/aromatic N) is 2. The average molecular weight is 270 g/mol. The molecular formula is C15H14N2OS. The molecule has 0 saturated carbocycles. The number of benzene rings is 1. The Morgan fingerprint density at radius 3 is 2.95 bits per heavy atom. The molecule has 0 radical (unpaired) electrons. The van der Waals surface area contributed by atoms with Gasteiger partial charge in [0.25, 0.3) is 0 Å². The molecule has 1 aromatic heterocycles. The van der Waals surface area contributed by atoms with Crippen LogP contribution in [0.4, 0.5) is 0 Å². The predicted octanol–water partition coefficient (Wildman–Crippen LogP) is 3.30. The monoisotopic (exact) mass is 270 g/mol. The van der Waals surface area contributed by atoms with E-state index < -0.39 is 6.10 Å². The fourth-order valence-corrected chi connectivity index (χ4v) is 2.56. The Morgan fingerprint density at radius 1 is 1.37 bits per heavy atom. The third-order valence-corrected chi connectivity index (χ3v) is 3.75. The van der Waals surface area contributed by atoms with Crippen LogP contribution < -0.4 is 0 Å². The predicted molar refractivity (Wildman–Crippen MR) is 75.6 cm³/mol. The quantitative estimate of drug-likeness (QED) is 0.866. The van der Waals surface area contributed by atoms with Crippen LogP contribution in [0.15, 0.2) is 47.5 Å². The number of pyridine rings is 1. The van der Waals surface area contributed by atoms with Crippen LogP contribution in [-0.2, 0) is 5.75 Å². The van der Waals surface area contributed by atoms with Crippen LogP contribution in [0.5, 0.6) is 0 Å². The van der Waals surface area contributed by atoms with E-state index in [2.05, 4.69) is 4.98 Å². The summed E-state index contributed by atoms with van der Waals surface area (Å²) < 4.78 is 0. The summed E-state index contributed by atoms with van der Waals surface area (Å²) in [6.07, 6.45) is 1.20. The molecule has 3 nitrogen and oxygen atoms in total. The topological polar surface area (TPSA) is 56.9 Å². The first-order valence-corrected chi connectivity index (χ1v) is 6.93. The van der Waals surface area contributed by atoms with E-state index in [1.54, 1.807) is 30.9 Å². The first-order chi connectivity index (χ1) is 9.19. The number of hydrogen-bond acceptors (Lipinski definition) is 4. The summed E-state index contributed by atoms with van der Waals surface area (Å²) in [7, 11) is 0. The summed E-state index contributed by atoms with van der Waals surface area (Å²) in [5.41, 5.74) is 2.42. The van der Waals surface area contributed by atoms with Gasteiger partial charge in [0, 0.05) is 16.8 Å². The van der Waals surface area contributed by atoms with Crippen LogP contribution in [0.1, 0.15) is 29.8 Å². The summed E-state index contributed by atoms with van der Waals surface area (Å²) in [5, 5.41) is 18.3. The van der Waals surface area contributed by atoms with Crippen molar-refractivity contribution in [3.8, 4) is 6.07 Å². The number of thioether (sulfide) groups is 1. The molecule has 4 heteroatoms. The van der Waals surface area contributed by atoms with E-state index in [0.717, 1.165) is 21.8 Å². The number of hydrogen-bond donors (Lipinski definition) is 1. The maximum Gasteiger partial charge on any atom is 0.140 e. The van der Waals surface area contributed by atoms with Crippen molar-refractivity contribution in [1.29, 1.82) is 5.26 Å². The molecule has 0 bridgehead atoms. The Hall–Kier alpha value is -1.83. The molecule has 1 atom stereocenters. The minimum absolute atomic E-state index is 0.441. The highest BCUT2D eigenvalue weighted by molar-refractivity contribution is 7.98. The van der Waals surface area contributed by atoms with Gasteiger partial charge in [-0.3, -0.25) is 0 Å². The maximum atomic E-state index is 9.55. The highest BCUT2D eigenvalue weighted by Crippen LogP contribution is 2.25. The van der Waals surface area contributed by atoms with Crippen molar-refractivity contribution >= 4 is 11.8 Å². The van der Waals surface area contributed by atoms with E-state index in [9.17, 15) is 5.11 Å². The highest BCUT2D eigenvalue weighted by atomic mass is 32.2. The zero-order chi connectivity index (χ0) is 13.7. The van der Waals surface area contributed by atoms with E-state index in [4.69, 9.17) is 5.26 Å². The molecule has 2 rings (SSSR count). The van der Waals surface area contributed by atoms with Crippen LogP contribution >= 0.6 is 11.8 Å². The number of aromatic nitrogens is 1. The second-order valence-electron chi connectivity index (χ2n) is 4.20. The third-order valence-electron chi connectivity index (χ3n) is 2.68. The van der Waals surface area contributed by atoms with E-state index in [1.165, 1.54) is 0 Å². The molecule has 2 aromatic rings. The lowest BCUT2D eigenvalue weighted by Gasteiger charge is -2.07. The summed E-state index contributed by atoms with van der Waals surface area (Å²) in [6.45, 7) is 1.76. The third kappa shape index (κ3) is 3.82. The van der Waals surface area contributed by atoms with Crippen molar-refractivity contribution in [2.75, 3.05) is 0 Å². The second kappa shape index (κ2) is 6.37. The van der Waals surface area contributed by atoms with Gasteiger partial charge in [-0.05, 0) is 42.3 Å².